The number of hydrogen-bond donors (Lipinski definition) is 2. The van der Waals surface area contributed by atoms with Crippen molar-refractivity contribution in [1.29, 1.82) is 0 Å². The van der Waals surface area contributed by atoms with Crippen LogP contribution >= 0.6 is 0 Å². The number of aromatic amines is 1. The van der Waals surface area contributed by atoms with Crippen LogP contribution in [0.4, 0.5) is 0 Å². The number of likely N-dealkylation sites (tertiary alicyclic amines) is 1. The summed E-state index contributed by atoms with van der Waals surface area (Å²) in [5, 5.41) is 15.2. The summed E-state index contributed by atoms with van der Waals surface area (Å²) in [5.74, 6) is 0.660. The average Bonchev–Trinajstić information content (AvgIpc) is 2.75. The van der Waals surface area contributed by atoms with Crippen molar-refractivity contribution in [2.45, 2.75) is 31.8 Å². The lowest BCUT2D eigenvalue weighted by atomic mass is 9.96. The van der Waals surface area contributed by atoms with Crippen LogP contribution < -0.4 is 5.73 Å². The largest absolute Gasteiger partial charge is 0.328 e. The third kappa shape index (κ3) is 1.85. The Morgan fingerprint density at radius 2 is 2.22 bits per heavy atom. The number of aromatic nitrogens is 5. The van der Waals surface area contributed by atoms with Gasteiger partial charge in [0.25, 0.3) is 0 Å². The number of aryl methyl sites for hydroxylation is 1. The molecule has 2 unspecified atom stereocenters. The van der Waals surface area contributed by atoms with Crippen molar-refractivity contribution in [3.05, 3.63) is 11.5 Å². The molecule has 1 aliphatic rings. The smallest absolute Gasteiger partial charge is 0.196 e. The van der Waals surface area contributed by atoms with E-state index in [1.54, 1.807) is 0 Å². The Kier molecular flexibility index (Phi) is 2.71. The van der Waals surface area contributed by atoms with Gasteiger partial charge < -0.3 is 5.73 Å². The molecular weight excluding hydrogens is 230 g/mol. The maximum Gasteiger partial charge on any atom is 0.196 e. The molecule has 0 aromatic carbocycles. The number of hydrogen-bond acceptors (Lipinski definition) is 6. The van der Waals surface area contributed by atoms with E-state index in [-0.39, 0.29) is 12.1 Å². The van der Waals surface area contributed by atoms with Crippen LogP contribution in [0.2, 0.25) is 0 Å². The second-order valence-corrected chi connectivity index (χ2v) is 4.95. The molecule has 1 aliphatic heterocycles. The molecule has 3 heterocycles. The Balaban J connectivity index is 2.05. The van der Waals surface area contributed by atoms with Gasteiger partial charge in [0.15, 0.2) is 5.65 Å². The normalized spacial score (nSPS) is 25.7. The van der Waals surface area contributed by atoms with Crippen molar-refractivity contribution < 1.29 is 0 Å². The van der Waals surface area contributed by atoms with Crippen molar-refractivity contribution in [2.75, 3.05) is 13.6 Å². The van der Waals surface area contributed by atoms with Crippen molar-refractivity contribution >= 4 is 11.2 Å². The van der Waals surface area contributed by atoms with E-state index in [4.69, 9.17) is 5.73 Å². The molecule has 0 aliphatic carbocycles. The minimum atomic E-state index is 0.207. The number of rotatable bonds is 1. The second kappa shape index (κ2) is 4.25. The lowest BCUT2D eigenvalue weighted by molar-refractivity contribution is 0.169. The van der Waals surface area contributed by atoms with Gasteiger partial charge in [0.1, 0.15) is 17.0 Å². The average molecular weight is 247 g/mol. The molecule has 1 saturated heterocycles. The predicted molar refractivity (Wildman–Crippen MR) is 66.8 cm³/mol. The molecule has 3 N–H and O–H groups in total. The highest BCUT2D eigenvalue weighted by Gasteiger charge is 2.29. The fourth-order valence-corrected chi connectivity index (χ4v) is 2.49. The number of H-pyrrole nitrogens is 1. The minimum absolute atomic E-state index is 0.207. The Hall–Kier alpha value is -1.60. The summed E-state index contributed by atoms with van der Waals surface area (Å²) >= 11 is 0. The summed E-state index contributed by atoms with van der Waals surface area (Å²) in [7, 11) is 2.10. The first kappa shape index (κ1) is 11.5. The van der Waals surface area contributed by atoms with Gasteiger partial charge in [-0.1, -0.05) is 0 Å². The highest BCUT2D eigenvalue weighted by atomic mass is 15.3. The molecule has 2 atom stereocenters. The molecule has 7 nitrogen and oxygen atoms in total. The third-order valence-corrected chi connectivity index (χ3v) is 3.54. The molecule has 7 heteroatoms. The van der Waals surface area contributed by atoms with E-state index in [9.17, 15) is 0 Å². The van der Waals surface area contributed by atoms with Crippen LogP contribution in [0.3, 0.4) is 0 Å². The van der Waals surface area contributed by atoms with Gasteiger partial charge in [-0.05, 0) is 33.4 Å². The van der Waals surface area contributed by atoms with E-state index in [0.717, 1.165) is 30.6 Å². The number of nitrogens with zero attached hydrogens (tertiary/aromatic N) is 5. The van der Waals surface area contributed by atoms with Gasteiger partial charge in [0.05, 0.1) is 6.04 Å². The van der Waals surface area contributed by atoms with Gasteiger partial charge in [-0.25, -0.2) is 4.98 Å². The summed E-state index contributed by atoms with van der Waals surface area (Å²) in [4.78, 5) is 6.71. The van der Waals surface area contributed by atoms with E-state index in [1.807, 2.05) is 6.92 Å². The summed E-state index contributed by atoms with van der Waals surface area (Å²) in [6.07, 6.45) is 1.93. The Morgan fingerprint density at radius 1 is 1.39 bits per heavy atom. The van der Waals surface area contributed by atoms with E-state index in [1.165, 1.54) is 0 Å². The van der Waals surface area contributed by atoms with Crippen LogP contribution in [-0.2, 0) is 0 Å². The second-order valence-electron chi connectivity index (χ2n) is 4.95. The zero-order valence-corrected chi connectivity index (χ0v) is 10.6. The van der Waals surface area contributed by atoms with Crippen LogP contribution in [0, 0.1) is 6.92 Å². The number of nitrogens with two attached hydrogens (primary N) is 1. The van der Waals surface area contributed by atoms with Crippen LogP contribution in [0.5, 0.6) is 0 Å². The maximum atomic E-state index is 6.05. The van der Waals surface area contributed by atoms with Gasteiger partial charge in [-0.2, -0.15) is 5.10 Å². The van der Waals surface area contributed by atoms with E-state index < -0.39 is 0 Å². The lowest BCUT2D eigenvalue weighted by Gasteiger charge is -2.34. The van der Waals surface area contributed by atoms with Gasteiger partial charge in [-0.3, -0.25) is 10.00 Å². The van der Waals surface area contributed by atoms with E-state index in [0.29, 0.717) is 11.5 Å². The summed E-state index contributed by atoms with van der Waals surface area (Å²) in [6.45, 7) is 2.82. The summed E-state index contributed by atoms with van der Waals surface area (Å²) in [5.41, 5.74) is 8.44. The zero-order chi connectivity index (χ0) is 12.7. The highest BCUT2D eigenvalue weighted by Crippen LogP contribution is 2.30. The molecule has 1 fully saturated rings. The first-order valence-electron chi connectivity index (χ1n) is 6.16. The molecule has 96 valence electrons. The quantitative estimate of drug-likeness (QED) is 0.744. The molecule has 2 aromatic rings. The molecule has 2 aromatic heterocycles. The maximum absolute atomic E-state index is 6.05. The topological polar surface area (TPSA) is 96.6 Å². The molecule has 0 bridgehead atoms. The fraction of sp³-hybridized carbons (Fsp3) is 0.636. The summed E-state index contributed by atoms with van der Waals surface area (Å²) < 4.78 is 0. The van der Waals surface area contributed by atoms with Gasteiger partial charge in [0.2, 0.25) is 0 Å². The van der Waals surface area contributed by atoms with Crippen LogP contribution in [-0.4, -0.2) is 49.9 Å². The fourth-order valence-electron chi connectivity index (χ4n) is 2.49. The number of fused-ring (bicyclic) bond motifs is 1. The first-order valence-corrected chi connectivity index (χ1v) is 6.16. The van der Waals surface area contributed by atoms with Crippen LogP contribution in [0.25, 0.3) is 11.2 Å². The molecular formula is C11H17N7. The van der Waals surface area contributed by atoms with Gasteiger partial charge >= 0.3 is 0 Å². The number of nitrogens with one attached hydrogen (secondary N) is 1. The van der Waals surface area contributed by atoms with E-state index in [2.05, 4.69) is 37.3 Å². The Bertz CT molecular complexity index is 564. The van der Waals surface area contributed by atoms with Gasteiger partial charge in [-0.15, -0.1) is 10.2 Å². The van der Waals surface area contributed by atoms with Crippen molar-refractivity contribution in [3.63, 3.8) is 0 Å². The van der Waals surface area contributed by atoms with Crippen molar-refractivity contribution in [1.82, 2.24) is 30.3 Å². The minimum Gasteiger partial charge on any atom is -0.328 e. The molecule has 18 heavy (non-hydrogen) atoms. The SMILES string of the molecule is Cc1nnc2[nH]nc(C3CC(N)CCN3C)c2n1. The zero-order valence-electron chi connectivity index (χ0n) is 10.6. The number of piperidine rings is 1. The van der Waals surface area contributed by atoms with Crippen LogP contribution in [0.15, 0.2) is 0 Å². The van der Waals surface area contributed by atoms with Crippen LogP contribution in [0.1, 0.15) is 30.4 Å². The van der Waals surface area contributed by atoms with Crippen molar-refractivity contribution in [2.24, 2.45) is 5.73 Å². The monoisotopic (exact) mass is 247 g/mol. The summed E-state index contributed by atoms with van der Waals surface area (Å²) in [6, 6.07) is 0.437. The molecule has 3 rings (SSSR count). The third-order valence-electron chi connectivity index (χ3n) is 3.54. The molecule has 0 saturated carbocycles. The van der Waals surface area contributed by atoms with E-state index >= 15 is 0 Å². The first-order chi connectivity index (χ1) is 8.65. The molecule has 0 amide bonds. The highest BCUT2D eigenvalue weighted by molar-refractivity contribution is 5.72. The Labute approximate surface area is 105 Å². The molecule has 0 radical (unpaired) electrons. The predicted octanol–water partition coefficient (Wildman–Crippen LogP) is 0.150. The Morgan fingerprint density at radius 3 is 3.06 bits per heavy atom. The lowest BCUT2D eigenvalue weighted by Crippen LogP contribution is -2.40. The molecule has 0 spiro atoms. The van der Waals surface area contributed by atoms with Crippen molar-refractivity contribution in [3.8, 4) is 0 Å². The standard InChI is InChI=1S/C11H17N7/c1-6-13-10-9(15-17-11(10)16-14-6)8-5-7(12)3-4-18(8)2/h7-8H,3-5,12H2,1-2H3,(H,15,16,17). The van der Waals surface area contributed by atoms with Gasteiger partial charge in [0, 0.05) is 6.04 Å².